The van der Waals surface area contributed by atoms with Gasteiger partial charge in [0.15, 0.2) is 0 Å². The second-order valence-corrected chi connectivity index (χ2v) is 9.81. The Morgan fingerprint density at radius 1 is 0.500 bits per heavy atom. The van der Waals surface area contributed by atoms with E-state index in [0.717, 1.165) is 24.1 Å². The summed E-state index contributed by atoms with van der Waals surface area (Å²) in [6.45, 7) is 6.70. The highest BCUT2D eigenvalue weighted by atomic mass is 15.3. The topological polar surface area (TPSA) is 0 Å². The number of quaternary nitrogens is 1. The largest absolute Gasteiger partial charge is 0.312 e. The maximum absolute atomic E-state index is 2.40. The first kappa shape index (κ1) is 26.0. The van der Waals surface area contributed by atoms with Crippen LogP contribution in [0.5, 0.6) is 0 Å². The van der Waals surface area contributed by atoms with Crippen LogP contribution >= 0.6 is 0 Å². The summed E-state index contributed by atoms with van der Waals surface area (Å²) in [5, 5.41) is 0. The molecular weight excluding hydrogens is 410 g/mol. The van der Waals surface area contributed by atoms with E-state index in [2.05, 4.69) is 110 Å². The van der Waals surface area contributed by atoms with Gasteiger partial charge in [0, 0.05) is 16.7 Å². The van der Waals surface area contributed by atoms with E-state index < -0.39 is 0 Å². The highest BCUT2D eigenvalue weighted by molar-refractivity contribution is 5.17. The monoisotopic (exact) mass is 454 g/mol. The van der Waals surface area contributed by atoms with Crippen molar-refractivity contribution in [3.63, 3.8) is 0 Å². The summed E-state index contributed by atoms with van der Waals surface area (Å²) in [5.41, 5.74) is 4.31. The van der Waals surface area contributed by atoms with Crippen molar-refractivity contribution in [1.82, 2.24) is 0 Å². The molecule has 180 valence electrons. The van der Waals surface area contributed by atoms with Crippen LogP contribution in [0.1, 0.15) is 75.0 Å². The molecule has 1 heteroatoms. The van der Waals surface area contributed by atoms with Crippen LogP contribution in [0.15, 0.2) is 103 Å². The summed E-state index contributed by atoms with van der Waals surface area (Å²) in [6, 6.07) is 33.3. The Hall–Kier alpha value is -2.64. The number of hydrogen-bond donors (Lipinski definition) is 0. The van der Waals surface area contributed by atoms with E-state index >= 15 is 0 Å². The molecule has 1 nitrogen and oxygen atoms in total. The predicted octanol–water partition coefficient (Wildman–Crippen LogP) is 9.10. The SMILES string of the molecule is CCCC/C=C/CCCCCC[N+](Cc1ccccc1)(Cc1ccccc1)Cc1ccccc1. The maximum atomic E-state index is 2.40. The van der Waals surface area contributed by atoms with Crippen molar-refractivity contribution < 1.29 is 4.48 Å². The zero-order chi connectivity index (χ0) is 23.7. The van der Waals surface area contributed by atoms with E-state index in [-0.39, 0.29) is 0 Å². The van der Waals surface area contributed by atoms with Crippen LogP contribution in [0.4, 0.5) is 0 Å². The van der Waals surface area contributed by atoms with Crippen molar-refractivity contribution in [2.24, 2.45) is 0 Å². The van der Waals surface area contributed by atoms with E-state index in [1.807, 2.05) is 0 Å². The fourth-order valence-corrected chi connectivity index (χ4v) is 4.94. The van der Waals surface area contributed by atoms with Crippen molar-refractivity contribution in [2.75, 3.05) is 6.54 Å². The lowest BCUT2D eigenvalue weighted by Crippen LogP contribution is -2.46. The molecule has 3 aromatic carbocycles. The normalized spacial score (nSPS) is 11.8. The molecule has 0 saturated heterocycles. The number of unbranched alkanes of at least 4 members (excludes halogenated alkanes) is 6. The van der Waals surface area contributed by atoms with E-state index in [1.165, 1.54) is 74.6 Å². The standard InChI is InChI=1S/C33H44N/c1-2-3-4-5-6-7-8-9-10-20-27-34(28-31-21-14-11-15-22-31,29-32-23-16-12-17-24-32)30-33-25-18-13-19-26-33/h5-6,11-19,21-26H,2-4,7-10,20,27-30H2,1H3/q+1/b6-5+. The average Bonchev–Trinajstić information content (AvgIpc) is 2.87. The Kier molecular flexibility index (Phi) is 11.7. The number of hydrogen-bond acceptors (Lipinski definition) is 0. The Morgan fingerprint density at radius 3 is 1.35 bits per heavy atom. The average molecular weight is 455 g/mol. The molecule has 0 heterocycles. The van der Waals surface area contributed by atoms with Gasteiger partial charge in [-0.1, -0.05) is 129 Å². The third-order valence-corrected chi connectivity index (χ3v) is 6.73. The van der Waals surface area contributed by atoms with Gasteiger partial charge >= 0.3 is 0 Å². The van der Waals surface area contributed by atoms with Crippen LogP contribution in [-0.2, 0) is 19.6 Å². The molecule has 0 unspecified atom stereocenters. The summed E-state index contributed by atoms with van der Waals surface area (Å²) in [7, 11) is 0. The zero-order valence-electron chi connectivity index (χ0n) is 21.2. The molecule has 0 aliphatic heterocycles. The Bertz CT molecular complexity index is 813. The molecule has 0 bridgehead atoms. The Morgan fingerprint density at radius 2 is 0.912 bits per heavy atom. The number of rotatable bonds is 16. The first-order valence-corrected chi connectivity index (χ1v) is 13.4. The highest BCUT2D eigenvalue weighted by Gasteiger charge is 2.28. The summed E-state index contributed by atoms with van der Waals surface area (Å²) in [4.78, 5) is 0. The summed E-state index contributed by atoms with van der Waals surface area (Å²) in [5.74, 6) is 0. The molecule has 0 radical (unpaired) electrons. The molecule has 0 saturated carbocycles. The lowest BCUT2D eigenvalue weighted by atomic mass is 10.0. The second-order valence-electron chi connectivity index (χ2n) is 9.81. The maximum Gasteiger partial charge on any atom is 0.105 e. The first-order chi connectivity index (χ1) is 16.8. The molecule has 0 aliphatic carbocycles. The van der Waals surface area contributed by atoms with E-state index in [4.69, 9.17) is 0 Å². The van der Waals surface area contributed by atoms with Gasteiger partial charge in [0.05, 0.1) is 6.54 Å². The second kappa shape index (κ2) is 15.3. The predicted molar refractivity (Wildman–Crippen MR) is 147 cm³/mol. The van der Waals surface area contributed by atoms with Crippen molar-refractivity contribution in [1.29, 1.82) is 0 Å². The fraction of sp³-hybridized carbons (Fsp3) is 0.394. The van der Waals surface area contributed by atoms with Crippen molar-refractivity contribution in [3.05, 3.63) is 120 Å². The lowest BCUT2D eigenvalue weighted by molar-refractivity contribution is -0.966. The minimum absolute atomic E-state index is 1.07. The van der Waals surface area contributed by atoms with Crippen molar-refractivity contribution in [2.45, 2.75) is 77.9 Å². The molecule has 3 rings (SSSR count). The molecule has 0 aliphatic rings. The molecule has 0 atom stereocenters. The number of allylic oxidation sites excluding steroid dienone is 2. The van der Waals surface area contributed by atoms with Gasteiger partial charge in [-0.2, -0.15) is 0 Å². The zero-order valence-corrected chi connectivity index (χ0v) is 21.2. The molecular formula is C33H44N+. The van der Waals surface area contributed by atoms with Gasteiger partial charge in [-0.25, -0.2) is 0 Å². The fourth-order valence-electron chi connectivity index (χ4n) is 4.94. The van der Waals surface area contributed by atoms with Crippen LogP contribution in [0.25, 0.3) is 0 Å². The Labute approximate surface area is 208 Å². The van der Waals surface area contributed by atoms with Gasteiger partial charge < -0.3 is 4.48 Å². The lowest BCUT2D eigenvalue weighted by Gasteiger charge is -2.39. The van der Waals surface area contributed by atoms with Crippen LogP contribution < -0.4 is 0 Å². The third kappa shape index (κ3) is 9.69. The van der Waals surface area contributed by atoms with Gasteiger partial charge in [-0.05, 0) is 32.1 Å². The molecule has 0 N–H and O–H groups in total. The van der Waals surface area contributed by atoms with Crippen molar-refractivity contribution in [3.8, 4) is 0 Å². The summed E-state index contributed by atoms with van der Waals surface area (Å²) < 4.78 is 1.08. The first-order valence-electron chi connectivity index (χ1n) is 13.4. The van der Waals surface area contributed by atoms with E-state index in [0.29, 0.717) is 0 Å². The quantitative estimate of drug-likeness (QED) is 0.115. The van der Waals surface area contributed by atoms with Crippen LogP contribution in [-0.4, -0.2) is 11.0 Å². The molecule has 0 spiro atoms. The highest BCUT2D eigenvalue weighted by Crippen LogP contribution is 2.25. The molecule has 3 aromatic rings. The number of benzene rings is 3. The smallest absolute Gasteiger partial charge is 0.105 e. The van der Waals surface area contributed by atoms with Gasteiger partial charge in [-0.15, -0.1) is 0 Å². The summed E-state index contributed by atoms with van der Waals surface area (Å²) in [6.07, 6.45) is 15.1. The van der Waals surface area contributed by atoms with E-state index in [9.17, 15) is 0 Å². The van der Waals surface area contributed by atoms with Gasteiger partial charge in [0.1, 0.15) is 19.6 Å². The molecule has 0 fully saturated rings. The number of nitrogens with zero attached hydrogens (tertiary/aromatic N) is 1. The molecule has 34 heavy (non-hydrogen) atoms. The van der Waals surface area contributed by atoms with Crippen LogP contribution in [0.2, 0.25) is 0 Å². The van der Waals surface area contributed by atoms with Crippen LogP contribution in [0.3, 0.4) is 0 Å². The van der Waals surface area contributed by atoms with Crippen molar-refractivity contribution >= 4 is 0 Å². The van der Waals surface area contributed by atoms with Gasteiger partial charge in [0.2, 0.25) is 0 Å². The minimum Gasteiger partial charge on any atom is -0.312 e. The minimum atomic E-state index is 1.07. The molecule has 0 aromatic heterocycles. The summed E-state index contributed by atoms with van der Waals surface area (Å²) >= 11 is 0. The van der Waals surface area contributed by atoms with Gasteiger partial charge in [-0.3, -0.25) is 0 Å². The molecule has 0 amide bonds. The van der Waals surface area contributed by atoms with Gasteiger partial charge in [0.25, 0.3) is 0 Å². The van der Waals surface area contributed by atoms with E-state index in [1.54, 1.807) is 0 Å². The Balaban J connectivity index is 1.67. The van der Waals surface area contributed by atoms with Crippen LogP contribution in [0, 0.1) is 0 Å². The third-order valence-electron chi connectivity index (χ3n) is 6.73.